The van der Waals surface area contributed by atoms with Crippen LogP contribution < -0.4 is 14.8 Å². The van der Waals surface area contributed by atoms with Crippen molar-refractivity contribution in [3.63, 3.8) is 0 Å². The van der Waals surface area contributed by atoms with E-state index in [0.29, 0.717) is 12.1 Å². The van der Waals surface area contributed by atoms with Crippen molar-refractivity contribution < 1.29 is 33.6 Å². The number of hydrogen-bond acceptors (Lipinski definition) is 8. The minimum Gasteiger partial charge on any atom is -0.434 e. The number of ether oxygens (including phenoxy) is 4. The number of aliphatic hydroxyl groups excluding tert-OH is 1. The standard InChI is InChI=1S/C15H21NO7/c1-4-20-14(18)22-12-7-6-10(11(17)9-16-3)8-13(12)23-15(19)21-5-2/h6-8,11,16-17H,4-5,9H2,1-3H3. The van der Waals surface area contributed by atoms with E-state index in [9.17, 15) is 14.7 Å². The summed E-state index contributed by atoms with van der Waals surface area (Å²) in [6, 6.07) is 4.35. The van der Waals surface area contributed by atoms with Crippen LogP contribution in [0.3, 0.4) is 0 Å². The zero-order valence-corrected chi connectivity index (χ0v) is 13.3. The van der Waals surface area contributed by atoms with E-state index in [0.717, 1.165) is 0 Å². The van der Waals surface area contributed by atoms with Crippen molar-refractivity contribution in [2.24, 2.45) is 0 Å². The Morgan fingerprint density at radius 2 is 1.65 bits per heavy atom. The molecule has 8 heteroatoms. The molecule has 128 valence electrons. The summed E-state index contributed by atoms with van der Waals surface area (Å²) in [5, 5.41) is 12.8. The highest BCUT2D eigenvalue weighted by Crippen LogP contribution is 2.31. The van der Waals surface area contributed by atoms with Gasteiger partial charge in [0.1, 0.15) is 0 Å². The van der Waals surface area contributed by atoms with Crippen molar-refractivity contribution in [2.75, 3.05) is 26.8 Å². The number of rotatable bonds is 7. The molecule has 0 saturated heterocycles. The maximum Gasteiger partial charge on any atom is 0.513 e. The molecule has 1 aromatic carbocycles. The van der Waals surface area contributed by atoms with Crippen LogP contribution in [0.5, 0.6) is 11.5 Å². The lowest BCUT2D eigenvalue weighted by atomic mass is 10.1. The fourth-order valence-electron chi connectivity index (χ4n) is 1.68. The number of benzene rings is 1. The van der Waals surface area contributed by atoms with Crippen LogP contribution in [0.15, 0.2) is 18.2 Å². The Morgan fingerprint density at radius 1 is 1.09 bits per heavy atom. The topological polar surface area (TPSA) is 103 Å². The van der Waals surface area contributed by atoms with Crippen LogP contribution in [-0.4, -0.2) is 44.2 Å². The maximum atomic E-state index is 11.5. The maximum absolute atomic E-state index is 11.5. The van der Waals surface area contributed by atoms with Crippen molar-refractivity contribution in [3.05, 3.63) is 23.8 Å². The van der Waals surface area contributed by atoms with Crippen molar-refractivity contribution in [1.82, 2.24) is 5.32 Å². The Kier molecular flexibility index (Phi) is 7.86. The van der Waals surface area contributed by atoms with Gasteiger partial charge in [0.25, 0.3) is 0 Å². The van der Waals surface area contributed by atoms with Crippen LogP contribution in [0.25, 0.3) is 0 Å². The summed E-state index contributed by atoms with van der Waals surface area (Å²) >= 11 is 0. The second-order valence-corrected chi connectivity index (χ2v) is 4.35. The summed E-state index contributed by atoms with van der Waals surface area (Å²) in [6.45, 7) is 3.84. The molecule has 0 aliphatic rings. The quantitative estimate of drug-likeness (QED) is 0.579. The average molecular weight is 327 g/mol. The molecule has 0 radical (unpaired) electrons. The van der Waals surface area contributed by atoms with Gasteiger partial charge in [0.2, 0.25) is 0 Å². The second-order valence-electron chi connectivity index (χ2n) is 4.35. The Morgan fingerprint density at radius 3 is 2.17 bits per heavy atom. The van der Waals surface area contributed by atoms with Gasteiger partial charge in [0, 0.05) is 6.54 Å². The van der Waals surface area contributed by atoms with Crippen molar-refractivity contribution in [3.8, 4) is 11.5 Å². The monoisotopic (exact) mass is 327 g/mol. The summed E-state index contributed by atoms with van der Waals surface area (Å²) in [4.78, 5) is 22.9. The van der Waals surface area contributed by atoms with Gasteiger partial charge < -0.3 is 29.4 Å². The summed E-state index contributed by atoms with van der Waals surface area (Å²) in [7, 11) is 1.69. The van der Waals surface area contributed by atoms with Crippen LogP contribution in [-0.2, 0) is 9.47 Å². The average Bonchev–Trinajstić information content (AvgIpc) is 2.49. The van der Waals surface area contributed by atoms with Crippen LogP contribution in [0, 0.1) is 0 Å². The molecule has 1 unspecified atom stereocenters. The van der Waals surface area contributed by atoms with E-state index in [2.05, 4.69) is 10.1 Å². The van der Waals surface area contributed by atoms with Gasteiger partial charge in [-0.15, -0.1) is 0 Å². The molecule has 0 saturated carbocycles. The Hall–Kier alpha value is -2.32. The van der Waals surface area contributed by atoms with E-state index in [1.807, 2.05) is 0 Å². The lowest BCUT2D eigenvalue weighted by molar-refractivity contribution is 0.0937. The number of carbonyl (C=O) groups is 2. The second kappa shape index (κ2) is 9.65. The Bertz CT molecular complexity index is 533. The first kappa shape index (κ1) is 18.7. The third kappa shape index (κ3) is 6.13. The van der Waals surface area contributed by atoms with E-state index in [1.165, 1.54) is 12.1 Å². The van der Waals surface area contributed by atoms with Crippen molar-refractivity contribution in [1.29, 1.82) is 0 Å². The predicted molar refractivity (Wildman–Crippen MR) is 80.6 cm³/mol. The molecular weight excluding hydrogens is 306 g/mol. The smallest absolute Gasteiger partial charge is 0.434 e. The highest BCUT2D eigenvalue weighted by Gasteiger charge is 2.18. The van der Waals surface area contributed by atoms with Gasteiger partial charge in [0.15, 0.2) is 11.5 Å². The van der Waals surface area contributed by atoms with Crippen LogP contribution >= 0.6 is 0 Å². The van der Waals surface area contributed by atoms with E-state index < -0.39 is 18.4 Å². The van der Waals surface area contributed by atoms with Crippen LogP contribution in [0.1, 0.15) is 25.5 Å². The molecule has 0 aliphatic carbocycles. The number of hydrogen-bond donors (Lipinski definition) is 2. The zero-order chi connectivity index (χ0) is 17.2. The molecule has 0 aromatic heterocycles. The minimum absolute atomic E-state index is 0.0167. The van der Waals surface area contributed by atoms with Gasteiger partial charge in [-0.25, -0.2) is 9.59 Å². The van der Waals surface area contributed by atoms with Gasteiger partial charge in [0.05, 0.1) is 19.3 Å². The molecule has 1 atom stereocenters. The van der Waals surface area contributed by atoms with Crippen LogP contribution in [0.4, 0.5) is 9.59 Å². The normalized spacial score (nSPS) is 11.5. The fourth-order valence-corrected chi connectivity index (χ4v) is 1.68. The molecule has 2 N–H and O–H groups in total. The van der Waals surface area contributed by atoms with Crippen molar-refractivity contribution >= 4 is 12.3 Å². The molecule has 0 amide bonds. The van der Waals surface area contributed by atoms with Gasteiger partial charge >= 0.3 is 12.3 Å². The molecule has 1 aromatic rings. The highest BCUT2D eigenvalue weighted by molar-refractivity contribution is 5.69. The first-order chi connectivity index (χ1) is 11.0. The number of carbonyl (C=O) groups excluding carboxylic acids is 2. The number of aliphatic hydroxyl groups is 1. The zero-order valence-electron chi connectivity index (χ0n) is 13.3. The highest BCUT2D eigenvalue weighted by atomic mass is 16.7. The molecule has 0 spiro atoms. The lowest BCUT2D eigenvalue weighted by Crippen LogP contribution is -2.18. The third-order valence-corrected chi connectivity index (χ3v) is 2.66. The molecule has 8 nitrogen and oxygen atoms in total. The molecule has 0 bridgehead atoms. The van der Waals surface area contributed by atoms with E-state index in [4.69, 9.17) is 14.2 Å². The van der Waals surface area contributed by atoms with Gasteiger partial charge in [-0.2, -0.15) is 0 Å². The molecule has 1 rings (SSSR count). The first-order valence-electron chi connectivity index (χ1n) is 7.17. The Labute approximate surface area is 134 Å². The molecule has 0 heterocycles. The van der Waals surface area contributed by atoms with Gasteiger partial charge in [-0.05, 0) is 38.6 Å². The lowest BCUT2D eigenvalue weighted by Gasteiger charge is -2.14. The van der Waals surface area contributed by atoms with E-state index in [-0.39, 0.29) is 24.7 Å². The molecule has 23 heavy (non-hydrogen) atoms. The molecule has 0 fully saturated rings. The molecule has 0 aliphatic heterocycles. The predicted octanol–water partition coefficient (Wildman–Crippen LogP) is 2.01. The summed E-state index contributed by atoms with van der Waals surface area (Å²) < 4.78 is 19.3. The van der Waals surface area contributed by atoms with E-state index in [1.54, 1.807) is 27.0 Å². The summed E-state index contributed by atoms with van der Waals surface area (Å²) in [5.74, 6) is -0.0685. The number of nitrogens with one attached hydrogen (secondary N) is 1. The Balaban J connectivity index is 3.02. The minimum atomic E-state index is -0.943. The number of likely N-dealkylation sites (N-methyl/N-ethyl adjacent to an activating group) is 1. The third-order valence-electron chi connectivity index (χ3n) is 2.66. The fraction of sp³-hybridized carbons (Fsp3) is 0.467. The SMILES string of the molecule is CCOC(=O)Oc1ccc(C(O)CNC)cc1OC(=O)OCC. The summed E-state index contributed by atoms with van der Waals surface area (Å²) in [5.41, 5.74) is 0.481. The van der Waals surface area contributed by atoms with Crippen molar-refractivity contribution in [2.45, 2.75) is 20.0 Å². The molecular formula is C15H21NO7. The first-order valence-corrected chi connectivity index (χ1v) is 7.17. The van der Waals surface area contributed by atoms with Gasteiger partial charge in [-0.3, -0.25) is 0 Å². The largest absolute Gasteiger partial charge is 0.513 e. The summed E-state index contributed by atoms with van der Waals surface area (Å²) in [6.07, 6.45) is -2.69. The van der Waals surface area contributed by atoms with Gasteiger partial charge in [-0.1, -0.05) is 6.07 Å². The van der Waals surface area contributed by atoms with Crippen LogP contribution in [0.2, 0.25) is 0 Å². The van der Waals surface area contributed by atoms with E-state index >= 15 is 0 Å².